The largest absolute Gasteiger partial charge is 0.461 e. The number of halogens is 7. The van der Waals surface area contributed by atoms with E-state index in [2.05, 4.69) is 4.74 Å². The Kier molecular flexibility index (Phi) is 9.85. The van der Waals surface area contributed by atoms with Crippen molar-refractivity contribution >= 4 is 5.69 Å². The number of aliphatic hydroxyl groups is 1. The van der Waals surface area contributed by atoms with Crippen LogP contribution >= 0.6 is 0 Å². The highest BCUT2D eigenvalue weighted by molar-refractivity contribution is 5.53. The molecule has 0 bridgehead atoms. The van der Waals surface area contributed by atoms with Crippen LogP contribution in [0.2, 0.25) is 0 Å². The van der Waals surface area contributed by atoms with E-state index in [1.54, 1.807) is 41.3 Å². The van der Waals surface area contributed by atoms with Crippen molar-refractivity contribution in [3.8, 4) is 17.2 Å². The number of benzene rings is 4. The molecule has 0 aliphatic carbocycles. The summed E-state index contributed by atoms with van der Waals surface area (Å²) in [4.78, 5) is 1.65. The van der Waals surface area contributed by atoms with Crippen LogP contribution in [0.4, 0.5) is 36.4 Å². The average molecular weight is 608 g/mol. The van der Waals surface area contributed by atoms with Crippen LogP contribution in [0.25, 0.3) is 0 Å². The molecule has 228 valence electrons. The molecule has 11 heteroatoms. The Hall–Kier alpha value is -4.25. The van der Waals surface area contributed by atoms with Crippen molar-refractivity contribution in [1.29, 1.82) is 0 Å². The van der Waals surface area contributed by atoms with Crippen molar-refractivity contribution in [1.82, 2.24) is 0 Å². The van der Waals surface area contributed by atoms with E-state index >= 15 is 0 Å². The van der Waals surface area contributed by atoms with Gasteiger partial charge in [0, 0.05) is 24.8 Å². The molecule has 0 radical (unpaired) electrons. The maximum Gasteiger partial charge on any atom is 0.461 e. The second-order valence-corrected chi connectivity index (χ2v) is 9.73. The van der Waals surface area contributed by atoms with Crippen LogP contribution in [0.1, 0.15) is 35.3 Å². The molecule has 4 rings (SSSR count). The van der Waals surface area contributed by atoms with Gasteiger partial charge in [-0.2, -0.15) is 30.7 Å². The highest BCUT2D eigenvalue weighted by atomic mass is 19.4. The summed E-state index contributed by atoms with van der Waals surface area (Å²) in [5.74, 6) is 0.560. The number of hydrogen-bond acceptors (Lipinski definition) is 4. The lowest BCUT2D eigenvalue weighted by atomic mass is 10.1. The Morgan fingerprint density at radius 2 is 1.33 bits per heavy atom. The Labute approximate surface area is 243 Å². The van der Waals surface area contributed by atoms with E-state index in [9.17, 15) is 35.8 Å². The molecule has 4 aromatic rings. The van der Waals surface area contributed by atoms with E-state index in [0.29, 0.717) is 22.7 Å². The zero-order valence-electron chi connectivity index (χ0n) is 22.9. The summed E-state index contributed by atoms with van der Waals surface area (Å²) in [7, 11) is 0. The third-order valence-electron chi connectivity index (χ3n) is 6.52. The number of nitrogens with zero attached hydrogens (tertiary/aromatic N) is 1. The lowest BCUT2D eigenvalue weighted by Crippen LogP contribution is -2.33. The lowest BCUT2D eigenvalue weighted by Gasteiger charge is -2.28. The molecular weight excluding hydrogens is 579 g/mol. The topological polar surface area (TPSA) is 41.9 Å². The zero-order chi connectivity index (χ0) is 31.2. The second kappa shape index (κ2) is 13.4. The van der Waals surface area contributed by atoms with Crippen LogP contribution in [0.3, 0.4) is 0 Å². The summed E-state index contributed by atoms with van der Waals surface area (Å²) in [6, 6.07) is 23.6. The summed E-state index contributed by atoms with van der Waals surface area (Å²) in [5, 5.41) is 11.0. The molecule has 0 saturated carbocycles. The Morgan fingerprint density at radius 1 is 0.744 bits per heavy atom. The molecule has 1 atom stereocenters. The molecule has 0 amide bonds. The number of aliphatic hydroxyl groups excluding tert-OH is 1. The van der Waals surface area contributed by atoms with Crippen molar-refractivity contribution in [2.45, 2.75) is 44.7 Å². The number of hydrogen-bond donors (Lipinski definition) is 1. The first kappa shape index (κ1) is 31.7. The van der Waals surface area contributed by atoms with E-state index in [1.165, 1.54) is 24.3 Å². The fourth-order valence-electron chi connectivity index (χ4n) is 4.31. The van der Waals surface area contributed by atoms with Crippen LogP contribution in [-0.4, -0.2) is 24.2 Å². The predicted molar refractivity (Wildman–Crippen MR) is 148 cm³/mol. The van der Waals surface area contributed by atoms with Gasteiger partial charge in [0.25, 0.3) is 0 Å². The van der Waals surface area contributed by atoms with Gasteiger partial charge in [0.2, 0.25) is 0 Å². The molecule has 0 saturated heterocycles. The summed E-state index contributed by atoms with van der Waals surface area (Å²) in [6.45, 7) is 1.87. The standard InChI is InChI=1S/C32H28F7NO3/c1-2-21-6-3-9-26(16-21)42-27-10-5-8-25(18-27)40(20-29(41)23-12-14-24(15-13-23)31(35,36)37)19-22-7-4-11-28(17-22)43-32(38,39)30(33)34/h3-18,29-30,41H,2,19-20H2,1H3. The average Bonchev–Trinajstić information content (AvgIpc) is 2.96. The summed E-state index contributed by atoms with van der Waals surface area (Å²) >= 11 is 0. The number of rotatable bonds is 12. The maximum absolute atomic E-state index is 13.5. The van der Waals surface area contributed by atoms with Crippen molar-refractivity contribution in [3.05, 3.63) is 119 Å². The van der Waals surface area contributed by atoms with Gasteiger partial charge in [-0.05, 0) is 71.6 Å². The molecule has 0 spiro atoms. The van der Waals surface area contributed by atoms with E-state index in [4.69, 9.17) is 4.74 Å². The van der Waals surface area contributed by atoms with E-state index in [-0.39, 0.29) is 18.7 Å². The fourth-order valence-corrected chi connectivity index (χ4v) is 4.31. The van der Waals surface area contributed by atoms with Gasteiger partial charge in [0.05, 0.1) is 11.7 Å². The normalized spacial score (nSPS) is 12.7. The third kappa shape index (κ3) is 8.63. The molecule has 0 aliphatic heterocycles. The number of anilines is 1. The minimum atomic E-state index is -4.70. The molecule has 43 heavy (non-hydrogen) atoms. The van der Waals surface area contributed by atoms with Crippen molar-refractivity contribution in [2.75, 3.05) is 11.4 Å². The van der Waals surface area contributed by atoms with Gasteiger partial charge < -0.3 is 19.5 Å². The first-order chi connectivity index (χ1) is 20.3. The van der Waals surface area contributed by atoms with Crippen LogP contribution in [0.5, 0.6) is 17.2 Å². The van der Waals surface area contributed by atoms with Gasteiger partial charge >= 0.3 is 18.7 Å². The van der Waals surface area contributed by atoms with Crippen LogP contribution < -0.4 is 14.4 Å². The number of ether oxygens (including phenoxy) is 2. The molecular formula is C32H28F7NO3. The molecule has 0 aliphatic rings. The van der Waals surface area contributed by atoms with E-state index < -0.39 is 36.1 Å². The Bertz CT molecular complexity index is 1490. The summed E-state index contributed by atoms with van der Waals surface area (Å²) in [5.41, 5.74) is 1.32. The predicted octanol–water partition coefficient (Wildman–Crippen LogP) is 9.04. The van der Waals surface area contributed by atoms with Gasteiger partial charge in [-0.25, -0.2) is 0 Å². The Balaban J connectivity index is 1.63. The van der Waals surface area contributed by atoms with Crippen LogP contribution in [-0.2, 0) is 19.1 Å². The van der Waals surface area contributed by atoms with E-state index in [0.717, 1.165) is 30.2 Å². The van der Waals surface area contributed by atoms with Crippen LogP contribution in [0.15, 0.2) is 97.1 Å². The SMILES string of the molecule is CCc1cccc(Oc2cccc(N(Cc3cccc(OC(F)(F)C(F)F)c3)CC(O)c3ccc(C(F)(F)F)cc3)c2)c1. The maximum atomic E-state index is 13.5. The minimum absolute atomic E-state index is 0.0100. The van der Waals surface area contributed by atoms with Crippen LogP contribution in [0, 0.1) is 0 Å². The molecule has 1 unspecified atom stereocenters. The van der Waals surface area contributed by atoms with Gasteiger partial charge in [-0.15, -0.1) is 0 Å². The monoisotopic (exact) mass is 607 g/mol. The zero-order valence-corrected chi connectivity index (χ0v) is 22.9. The number of aryl methyl sites for hydroxylation is 1. The molecule has 4 aromatic carbocycles. The molecule has 0 heterocycles. The smallest absolute Gasteiger partial charge is 0.457 e. The first-order valence-corrected chi connectivity index (χ1v) is 13.2. The number of alkyl halides is 7. The third-order valence-corrected chi connectivity index (χ3v) is 6.52. The van der Waals surface area contributed by atoms with E-state index in [1.807, 2.05) is 25.1 Å². The van der Waals surface area contributed by atoms with Gasteiger partial charge in [0.15, 0.2) is 0 Å². The fraction of sp³-hybridized carbons (Fsp3) is 0.250. The molecule has 0 aromatic heterocycles. The highest BCUT2D eigenvalue weighted by Gasteiger charge is 2.44. The quantitative estimate of drug-likeness (QED) is 0.163. The summed E-state index contributed by atoms with van der Waals surface area (Å²) in [6.07, 6.45) is -13.7. The van der Waals surface area contributed by atoms with Gasteiger partial charge in [-0.3, -0.25) is 0 Å². The van der Waals surface area contributed by atoms with Gasteiger partial charge in [0.1, 0.15) is 17.2 Å². The molecule has 0 fully saturated rings. The van der Waals surface area contributed by atoms with Crippen molar-refractivity contribution < 1.29 is 45.3 Å². The van der Waals surface area contributed by atoms with Gasteiger partial charge in [-0.1, -0.05) is 49.4 Å². The molecule has 1 N–H and O–H groups in total. The second-order valence-electron chi connectivity index (χ2n) is 9.73. The molecule has 4 nitrogen and oxygen atoms in total. The first-order valence-electron chi connectivity index (χ1n) is 13.2. The Morgan fingerprint density at radius 3 is 1.95 bits per heavy atom. The minimum Gasteiger partial charge on any atom is -0.457 e. The highest BCUT2D eigenvalue weighted by Crippen LogP contribution is 2.33. The van der Waals surface area contributed by atoms with Crippen molar-refractivity contribution in [3.63, 3.8) is 0 Å². The summed E-state index contributed by atoms with van der Waals surface area (Å²) < 4.78 is 102. The van der Waals surface area contributed by atoms with Crippen molar-refractivity contribution in [2.24, 2.45) is 0 Å². The lowest BCUT2D eigenvalue weighted by molar-refractivity contribution is -0.253.